The number of benzene rings is 1. The highest BCUT2D eigenvalue weighted by molar-refractivity contribution is 7.90. The van der Waals surface area contributed by atoms with E-state index >= 15 is 0 Å². The van der Waals surface area contributed by atoms with E-state index < -0.39 is 9.84 Å². The van der Waals surface area contributed by atoms with Crippen molar-refractivity contribution in [2.45, 2.75) is 56.4 Å². The van der Waals surface area contributed by atoms with Crippen molar-refractivity contribution in [2.24, 2.45) is 5.92 Å². The first-order valence-corrected chi connectivity index (χ1v) is 9.45. The van der Waals surface area contributed by atoms with E-state index in [0.29, 0.717) is 10.9 Å². The second-order valence-corrected chi connectivity index (χ2v) is 7.88. The summed E-state index contributed by atoms with van der Waals surface area (Å²) in [6, 6.07) is 7.63. The molecule has 0 bridgehead atoms. The first-order valence-electron chi connectivity index (χ1n) is 7.56. The minimum Gasteiger partial charge on any atom is -0.381 e. The smallest absolute Gasteiger partial charge is 0.177 e. The Kier molecular flexibility index (Phi) is 5.08. The fraction of sp³-hybridized carbons (Fsp3) is 0.625. The van der Waals surface area contributed by atoms with E-state index in [-0.39, 0.29) is 0 Å². The van der Waals surface area contributed by atoms with Crippen LogP contribution < -0.4 is 5.32 Å². The van der Waals surface area contributed by atoms with Gasteiger partial charge in [-0.25, -0.2) is 8.42 Å². The lowest BCUT2D eigenvalue weighted by Crippen LogP contribution is -2.20. The largest absolute Gasteiger partial charge is 0.381 e. The Morgan fingerprint density at radius 3 is 2.60 bits per heavy atom. The SMILES string of the molecule is CCC1CCCC(Nc2ccccc2S(C)(=O)=O)CC1. The molecule has 2 atom stereocenters. The van der Waals surface area contributed by atoms with Crippen LogP contribution in [0.3, 0.4) is 0 Å². The van der Waals surface area contributed by atoms with Crippen molar-refractivity contribution in [2.75, 3.05) is 11.6 Å². The molecule has 0 radical (unpaired) electrons. The van der Waals surface area contributed by atoms with Gasteiger partial charge < -0.3 is 5.32 Å². The number of hydrogen-bond acceptors (Lipinski definition) is 3. The molecular formula is C16H25NO2S. The fourth-order valence-electron chi connectivity index (χ4n) is 3.06. The highest BCUT2D eigenvalue weighted by atomic mass is 32.2. The molecule has 0 heterocycles. The number of rotatable bonds is 4. The number of hydrogen-bond donors (Lipinski definition) is 1. The average molecular weight is 295 g/mol. The van der Waals surface area contributed by atoms with Gasteiger partial charge in [-0.05, 0) is 37.3 Å². The second-order valence-electron chi connectivity index (χ2n) is 5.89. The molecule has 2 unspecified atom stereocenters. The Bertz CT molecular complexity index is 539. The van der Waals surface area contributed by atoms with Crippen LogP contribution in [0.1, 0.15) is 45.4 Å². The Morgan fingerprint density at radius 1 is 1.15 bits per heavy atom. The van der Waals surface area contributed by atoms with Crippen molar-refractivity contribution in [1.82, 2.24) is 0 Å². The number of sulfone groups is 1. The van der Waals surface area contributed by atoms with Gasteiger partial charge in [-0.2, -0.15) is 0 Å². The number of anilines is 1. The summed E-state index contributed by atoms with van der Waals surface area (Å²) in [6.45, 7) is 2.26. The zero-order chi connectivity index (χ0) is 14.6. The molecule has 1 N–H and O–H groups in total. The lowest BCUT2D eigenvalue weighted by molar-refractivity contribution is 0.444. The van der Waals surface area contributed by atoms with Crippen molar-refractivity contribution in [1.29, 1.82) is 0 Å². The van der Waals surface area contributed by atoms with Crippen LogP contribution in [-0.4, -0.2) is 20.7 Å². The lowest BCUT2D eigenvalue weighted by atomic mass is 9.98. The molecule has 1 aromatic carbocycles. The lowest BCUT2D eigenvalue weighted by Gasteiger charge is -2.19. The van der Waals surface area contributed by atoms with Gasteiger partial charge in [0.1, 0.15) is 0 Å². The van der Waals surface area contributed by atoms with Crippen LogP contribution in [0, 0.1) is 5.92 Å². The molecule has 2 rings (SSSR count). The minimum atomic E-state index is -3.17. The normalized spacial score (nSPS) is 24.1. The molecule has 20 heavy (non-hydrogen) atoms. The van der Waals surface area contributed by atoms with E-state index in [2.05, 4.69) is 12.2 Å². The maximum absolute atomic E-state index is 11.8. The van der Waals surface area contributed by atoms with Crippen LogP contribution in [0.2, 0.25) is 0 Å². The van der Waals surface area contributed by atoms with E-state index in [1.807, 2.05) is 12.1 Å². The minimum absolute atomic E-state index is 0.398. The van der Waals surface area contributed by atoms with Gasteiger partial charge in [0.25, 0.3) is 0 Å². The van der Waals surface area contributed by atoms with E-state index in [0.717, 1.165) is 24.4 Å². The highest BCUT2D eigenvalue weighted by Gasteiger charge is 2.20. The zero-order valence-electron chi connectivity index (χ0n) is 12.4. The molecule has 4 heteroatoms. The van der Waals surface area contributed by atoms with Crippen molar-refractivity contribution >= 4 is 15.5 Å². The van der Waals surface area contributed by atoms with Gasteiger partial charge in [0, 0.05) is 12.3 Å². The molecule has 1 saturated carbocycles. The first kappa shape index (κ1) is 15.4. The Labute approximate surface area is 122 Å². The van der Waals surface area contributed by atoms with Gasteiger partial charge in [-0.15, -0.1) is 0 Å². The summed E-state index contributed by atoms with van der Waals surface area (Å²) >= 11 is 0. The van der Waals surface area contributed by atoms with Crippen LogP contribution in [0.15, 0.2) is 29.2 Å². The molecule has 0 aliphatic heterocycles. The standard InChI is InChI=1S/C16H25NO2S/c1-3-13-7-6-8-14(12-11-13)17-15-9-4-5-10-16(15)20(2,18)19/h4-5,9-10,13-14,17H,3,6-8,11-12H2,1-2H3. The van der Waals surface area contributed by atoms with E-state index in [1.54, 1.807) is 12.1 Å². The summed E-state index contributed by atoms with van der Waals surface area (Å²) in [6.07, 6.45) is 8.58. The quantitative estimate of drug-likeness (QED) is 0.858. The highest BCUT2D eigenvalue weighted by Crippen LogP contribution is 2.29. The second kappa shape index (κ2) is 6.61. The van der Waals surface area contributed by atoms with Crippen LogP contribution in [0.4, 0.5) is 5.69 Å². The monoisotopic (exact) mass is 295 g/mol. The Balaban J connectivity index is 2.11. The molecule has 0 saturated heterocycles. The summed E-state index contributed by atoms with van der Waals surface area (Å²) < 4.78 is 23.6. The molecule has 0 aromatic heterocycles. The molecule has 1 fully saturated rings. The van der Waals surface area contributed by atoms with Crippen molar-refractivity contribution in [3.05, 3.63) is 24.3 Å². The van der Waals surface area contributed by atoms with Crippen LogP contribution in [-0.2, 0) is 9.84 Å². The number of para-hydroxylation sites is 1. The molecule has 3 nitrogen and oxygen atoms in total. The molecular weight excluding hydrogens is 270 g/mol. The predicted molar refractivity (Wildman–Crippen MR) is 83.8 cm³/mol. The third-order valence-corrected chi connectivity index (χ3v) is 5.47. The molecule has 0 amide bonds. The molecule has 112 valence electrons. The summed E-state index contributed by atoms with van der Waals surface area (Å²) in [4.78, 5) is 0.413. The molecule has 1 aliphatic carbocycles. The average Bonchev–Trinajstić information content (AvgIpc) is 2.63. The maximum Gasteiger partial charge on any atom is 0.177 e. The van der Waals surface area contributed by atoms with E-state index in [4.69, 9.17) is 0 Å². The molecule has 1 aliphatic rings. The Hall–Kier alpha value is -1.03. The van der Waals surface area contributed by atoms with Crippen molar-refractivity contribution in [3.63, 3.8) is 0 Å². The summed E-state index contributed by atoms with van der Waals surface area (Å²) in [5.74, 6) is 0.840. The predicted octanol–water partition coefficient (Wildman–Crippen LogP) is 3.86. The molecule has 1 aromatic rings. The van der Waals surface area contributed by atoms with Gasteiger partial charge in [-0.1, -0.05) is 38.3 Å². The fourth-order valence-corrected chi connectivity index (χ4v) is 3.91. The summed E-state index contributed by atoms with van der Waals surface area (Å²) in [5, 5.41) is 3.46. The first-order chi connectivity index (χ1) is 9.50. The zero-order valence-corrected chi connectivity index (χ0v) is 13.2. The summed E-state index contributed by atoms with van der Waals surface area (Å²) in [7, 11) is -3.17. The van der Waals surface area contributed by atoms with E-state index in [1.165, 1.54) is 31.9 Å². The topological polar surface area (TPSA) is 46.2 Å². The van der Waals surface area contributed by atoms with Crippen molar-refractivity contribution in [3.8, 4) is 0 Å². The van der Waals surface area contributed by atoms with Crippen molar-refractivity contribution < 1.29 is 8.42 Å². The van der Waals surface area contributed by atoms with Crippen LogP contribution in [0.25, 0.3) is 0 Å². The van der Waals surface area contributed by atoms with E-state index in [9.17, 15) is 8.42 Å². The van der Waals surface area contributed by atoms with Gasteiger partial charge in [-0.3, -0.25) is 0 Å². The Morgan fingerprint density at radius 2 is 1.90 bits per heavy atom. The molecule has 0 spiro atoms. The third-order valence-electron chi connectivity index (χ3n) is 4.31. The van der Waals surface area contributed by atoms with Gasteiger partial charge in [0.15, 0.2) is 9.84 Å². The van der Waals surface area contributed by atoms with Gasteiger partial charge in [0.2, 0.25) is 0 Å². The van der Waals surface area contributed by atoms with Crippen LogP contribution >= 0.6 is 0 Å². The summed E-state index contributed by atoms with van der Waals surface area (Å²) in [5.41, 5.74) is 0.759. The van der Waals surface area contributed by atoms with Crippen LogP contribution in [0.5, 0.6) is 0 Å². The van der Waals surface area contributed by atoms with Gasteiger partial charge >= 0.3 is 0 Å². The van der Waals surface area contributed by atoms with Gasteiger partial charge in [0.05, 0.1) is 10.6 Å². The number of nitrogens with one attached hydrogen (secondary N) is 1. The maximum atomic E-state index is 11.8. The third kappa shape index (κ3) is 3.98.